The molecule has 0 aromatic heterocycles. The fourth-order valence-electron chi connectivity index (χ4n) is 2.10. The lowest BCUT2D eigenvalue weighted by atomic mass is 10.3. The maximum atomic E-state index is 6.15. The van der Waals surface area contributed by atoms with E-state index in [1.165, 1.54) is 0 Å². The summed E-state index contributed by atoms with van der Waals surface area (Å²) in [4.78, 5) is 0. The van der Waals surface area contributed by atoms with Gasteiger partial charge in [-0.25, -0.2) is 0 Å². The molecular formula is C20H21Cl2NSi. The summed E-state index contributed by atoms with van der Waals surface area (Å²) < 4.78 is 0. The average molecular weight is 374 g/mol. The van der Waals surface area contributed by atoms with Crippen LogP contribution >= 0.6 is 22.2 Å². The topological polar surface area (TPSA) is 12.0 Å². The van der Waals surface area contributed by atoms with Crippen molar-refractivity contribution in [1.82, 2.24) is 0 Å². The van der Waals surface area contributed by atoms with Crippen LogP contribution in [0.15, 0.2) is 91.0 Å². The lowest BCUT2D eigenvalue weighted by molar-refractivity contribution is 1.44. The van der Waals surface area contributed by atoms with Gasteiger partial charge in [0.05, 0.1) is 0 Å². The number of para-hydroxylation sites is 2. The molecule has 3 aromatic rings. The molecule has 0 unspecified atom stereocenters. The first-order valence-electron chi connectivity index (χ1n) is 7.92. The predicted octanol–water partition coefficient (Wildman–Crippen LogP) is 6.26. The van der Waals surface area contributed by atoms with Crippen molar-refractivity contribution in [3.05, 3.63) is 91.0 Å². The third kappa shape index (κ3) is 6.04. The lowest BCUT2D eigenvalue weighted by Gasteiger charge is -2.13. The van der Waals surface area contributed by atoms with Crippen molar-refractivity contribution in [3.63, 3.8) is 0 Å². The third-order valence-corrected chi connectivity index (χ3v) is 8.46. The normalized spacial score (nSPS) is 10.5. The van der Waals surface area contributed by atoms with Crippen LogP contribution in [0, 0.1) is 0 Å². The Morgan fingerprint density at radius 2 is 1.04 bits per heavy atom. The number of benzene rings is 3. The second-order valence-corrected chi connectivity index (χ2v) is 12.4. The molecule has 1 N–H and O–H groups in total. The van der Waals surface area contributed by atoms with E-state index in [9.17, 15) is 0 Å². The second-order valence-electron chi connectivity index (χ2n) is 5.28. The zero-order valence-corrected chi connectivity index (χ0v) is 16.1. The molecule has 0 fully saturated rings. The zero-order chi connectivity index (χ0) is 17.3. The van der Waals surface area contributed by atoms with Crippen LogP contribution in [0.1, 0.15) is 6.92 Å². The molecule has 3 aromatic carbocycles. The number of hydrogen-bond donors (Lipinski definition) is 1. The van der Waals surface area contributed by atoms with Crippen molar-refractivity contribution in [2.75, 3.05) is 5.32 Å². The van der Waals surface area contributed by atoms with Gasteiger partial charge in [0.1, 0.15) is 0 Å². The second kappa shape index (κ2) is 9.53. The minimum Gasteiger partial charge on any atom is -0.356 e. The Bertz CT molecular complexity index is 666. The van der Waals surface area contributed by atoms with Gasteiger partial charge in [0.2, 0.25) is 0 Å². The van der Waals surface area contributed by atoms with Gasteiger partial charge in [-0.1, -0.05) is 73.7 Å². The first-order chi connectivity index (χ1) is 11.6. The molecule has 4 heteroatoms. The highest BCUT2D eigenvalue weighted by Gasteiger charge is 2.27. The summed E-state index contributed by atoms with van der Waals surface area (Å²) in [5.41, 5.74) is 2.24. The van der Waals surface area contributed by atoms with Crippen molar-refractivity contribution >= 4 is 45.4 Å². The first kappa shape index (κ1) is 18.6. The first-order valence-corrected chi connectivity index (χ1v) is 12.2. The summed E-state index contributed by atoms with van der Waals surface area (Å²) in [5.74, 6) is 0. The van der Waals surface area contributed by atoms with Gasteiger partial charge >= 0.3 is 0 Å². The van der Waals surface area contributed by atoms with Crippen LogP contribution in [0.5, 0.6) is 0 Å². The van der Waals surface area contributed by atoms with E-state index in [0.717, 1.165) is 22.6 Å². The Morgan fingerprint density at radius 1 is 0.667 bits per heavy atom. The van der Waals surface area contributed by atoms with Gasteiger partial charge in [0, 0.05) is 11.4 Å². The van der Waals surface area contributed by atoms with Crippen LogP contribution in [0.4, 0.5) is 11.4 Å². The van der Waals surface area contributed by atoms with Gasteiger partial charge in [0.25, 0.3) is 6.69 Å². The van der Waals surface area contributed by atoms with Crippen molar-refractivity contribution in [1.29, 1.82) is 0 Å². The molecule has 24 heavy (non-hydrogen) atoms. The van der Waals surface area contributed by atoms with Crippen molar-refractivity contribution < 1.29 is 0 Å². The predicted molar refractivity (Wildman–Crippen MR) is 110 cm³/mol. The molecule has 124 valence electrons. The maximum Gasteiger partial charge on any atom is 0.280 e. The summed E-state index contributed by atoms with van der Waals surface area (Å²) in [6.07, 6.45) is 0. The highest BCUT2D eigenvalue weighted by molar-refractivity contribution is 7.50. The molecule has 0 aliphatic rings. The number of hydrogen-bond acceptors (Lipinski definition) is 1. The van der Waals surface area contributed by atoms with Gasteiger partial charge in [0.15, 0.2) is 0 Å². The molecule has 0 saturated carbocycles. The van der Waals surface area contributed by atoms with Gasteiger partial charge < -0.3 is 5.32 Å². The molecule has 0 bridgehead atoms. The Kier molecular flexibility index (Phi) is 7.38. The Hall–Kier alpha value is -1.74. The minimum atomic E-state index is -2.11. The van der Waals surface area contributed by atoms with Gasteiger partial charge in [-0.15, -0.1) is 22.2 Å². The number of nitrogens with one attached hydrogen (secondary N) is 1. The van der Waals surface area contributed by atoms with Crippen molar-refractivity contribution in [2.45, 2.75) is 13.0 Å². The summed E-state index contributed by atoms with van der Waals surface area (Å²) in [7, 11) is 0. The highest BCUT2D eigenvalue weighted by atomic mass is 35.7. The monoisotopic (exact) mass is 373 g/mol. The van der Waals surface area contributed by atoms with Gasteiger partial charge in [-0.3, -0.25) is 0 Å². The standard InChI is InChI=1S/C12H11N.C8H10Cl2Si/c1-3-7-11(8-4-1)13-12-9-5-2-6-10-12;1-2-11(9,10)8-6-4-3-5-7-8/h1-10,13H;3-7H,2H2,1H3. The molecule has 0 radical (unpaired) electrons. The number of halogens is 2. The molecule has 0 aliphatic carbocycles. The highest BCUT2D eigenvalue weighted by Crippen LogP contribution is 2.19. The smallest absolute Gasteiger partial charge is 0.280 e. The summed E-state index contributed by atoms with van der Waals surface area (Å²) >= 11 is 12.3. The van der Waals surface area contributed by atoms with Gasteiger partial charge in [-0.05, 0) is 35.5 Å². The van der Waals surface area contributed by atoms with Crippen molar-refractivity contribution in [2.24, 2.45) is 0 Å². The molecule has 0 amide bonds. The number of rotatable bonds is 4. The van der Waals surface area contributed by atoms with Gasteiger partial charge in [-0.2, -0.15) is 0 Å². The van der Waals surface area contributed by atoms with Crippen LogP contribution in [0.2, 0.25) is 6.04 Å². The minimum absolute atomic E-state index is 0.861. The molecule has 0 heterocycles. The van der Waals surface area contributed by atoms with Crippen molar-refractivity contribution in [3.8, 4) is 0 Å². The molecular weight excluding hydrogens is 353 g/mol. The summed E-state index contributed by atoms with van der Waals surface area (Å²) in [6, 6.07) is 31.1. The van der Waals surface area contributed by atoms with E-state index in [2.05, 4.69) is 5.32 Å². The van der Waals surface area contributed by atoms with Crippen LogP contribution in [-0.4, -0.2) is 6.69 Å². The quantitative estimate of drug-likeness (QED) is 0.420. The number of anilines is 2. The van der Waals surface area contributed by atoms with Crippen LogP contribution in [0.25, 0.3) is 0 Å². The van der Waals surface area contributed by atoms with E-state index in [-0.39, 0.29) is 0 Å². The summed E-state index contributed by atoms with van der Waals surface area (Å²) in [6.45, 7) is -0.0819. The van der Waals surface area contributed by atoms with Crippen LogP contribution in [-0.2, 0) is 0 Å². The molecule has 1 nitrogen and oxygen atoms in total. The average Bonchev–Trinajstić information content (AvgIpc) is 2.65. The molecule has 0 spiro atoms. The van der Waals surface area contributed by atoms with E-state index in [0.29, 0.717) is 0 Å². The van der Waals surface area contributed by atoms with E-state index in [1.54, 1.807) is 0 Å². The van der Waals surface area contributed by atoms with E-state index < -0.39 is 6.69 Å². The van der Waals surface area contributed by atoms with E-state index >= 15 is 0 Å². The van der Waals surface area contributed by atoms with Crippen LogP contribution in [0.3, 0.4) is 0 Å². The molecule has 0 aliphatic heterocycles. The van der Waals surface area contributed by atoms with E-state index in [1.807, 2.05) is 97.9 Å². The molecule has 0 saturated heterocycles. The zero-order valence-electron chi connectivity index (χ0n) is 13.6. The largest absolute Gasteiger partial charge is 0.356 e. The van der Waals surface area contributed by atoms with E-state index in [4.69, 9.17) is 22.2 Å². The SMILES string of the molecule is CC[Si](Cl)(Cl)c1ccccc1.c1ccc(Nc2ccccc2)cc1. The summed E-state index contributed by atoms with van der Waals surface area (Å²) in [5, 5.41) is 4.41. The molecule has 0 atom stereocenters. The fourth-order valence-corrected chi connectivity index (χ4v) is 3.94. The third-order valence-electron chi connectivity index (χ3n) is 3.48. The Labute approximate surface area is 154 Å². The maximum absolute atomic E-state index is 6.15. The van der Waals surface area contributed by atoms with Crippen LogP contribution < -0.4 is 10.5 Å². The Balaban J connectivity index is 0.000000177. The Morgan fingerprint density at radius 3 is 1.42 bits per heavy atom. The lowest BCUT2D eigenvalue weighted by Crippen LogP contribution is -2.34. The molecule has 3 rings (SSSR count). The fraction of sp³-hybridized carbons (Fsp3) is 0.100.